The van der Waals surface area contributed by atoms with E-state index in [4.69, 9.17) is 5.73 Å². The number of nitrogens with zero attached hydrogens (tertiary/aromatic N) is 2. The second-order valence-corrected chi connectivity index (χ2v) is 4.94. The van der Waals surface area contributed by atoms with Crippen LogP contribution >= 0.6 is 0 Å². The monoisotopic (exact) mass is 219 g/mol. The van der Waals surface area contributed by atoms with Crippen LogP contribution < -0.4 is 10.6 Å². The summed E-state index contributed by atoms with van der Waals surface area (Å²) in [5.41, 5.74) is 8.34. The minimum atomic E-state index is 0.318. The fourth-order valence-corrected chi connectivity index (χ4v) is 2.17. The number of rotatable bonds is 2. The summed E-state index contributed by atoms with van der Waals surface area (Å²) >= 11 is 0. The average molecular weight is 219 g/mol. The van der Waals surface area contributed by atoms with Gasteiger partial charge in [-0.15, -0.1) is 0 Å². The van der Waals surface area contributed by atoms with Gasteiger partial charge in [-0.25, -0.2) is 0 Å². The van der Waals surface area contributed by atoms with Gasteiger partial charge in [-0.1, -0.05) is 13.8 Å². The Bertz CT molecular complexity index is 332. The van der Waals surface area contributed by atoms with Crippen molar-refractivity contribution in [1.29, 1.82) is 0 Å². The first-order valence-electron chi connectivity index (χ1n) is 6.13. The molecule has 1 aliphatic rings. The number of nitrogens with two attached hydrogens (primary N) is 1. The lowest BCUT2D eigenvalue weighted by molar-refractivity contribution is 0.505. The molecule has 0 aliphatic carbocycles. The van der Waals surface area contributed by atoms with E-state index in [2.05, 4.69) is 35.9 Å². The molecule has 3 heteroatoms. The van der Waals surface area contributed by atoms with E-state index in [1.54, 1.807) is 0 Å². The molecule has 1 atom stereocenters. The highest BCUT2D eigenvalue weighted by Gasteiger charge is 2.17. The minimum Gasteiger partial charge on any atom is -0.369 e. The van der Waals surface area contributed by atoms with Crippen molar-refractivity contribution in [2.45, 2.75) is 38.6 Å². The van der Waals surface area contributed by atoms with Gasteiger partial charge in [0.25, 0.3) is 0 Å². The van der Waals surface area contributed by atoms with E-state index in [0.717, 1.165) is 25.2 Å². The fourth-order valence-electron chi connectivity index (χ4n) is 2.17. The predicted octanol–water partition coefficient (Wildman–Crippen LogP) is 2.13. The molecule has 0 aromatic carbocycles. The zero-order valence-corrected chi connectivity index (χ0v) is 10.2. The molecule has 1 unspecified atom stereocenters. The summed E-state index contributed by atoms with van der Waals surface area (Å²) in [4.78, 5) is 6.83. The Morgan fingerprint density at radius 3 is 2.81 bits per heavy atom. The van der Waals surface area contributed by atoms with E-state index in [1.807, 2.05) is 6.20 Å². The van der Waals surface area contributed by atoms with Gasteiger partial charge in [-0.2, -0.15) is 0 Å². The first-order chi connectivity index (χ1) is 7.66. The van der Waals surface area contributed by atoms with E-state index < -0.39 is 0 Å². The lowest BCUT2D eigenvalue weighted by atomic mass is 10.1. The summed E-state index contributed by atoms with van der Waals surface area (Å²) in [5.74, 6) is 0.498. The van der Waals surface area contributed by atoms with Gasteiger partial charge in [0.2, 0.25) is 0 Å². The average Bonchev–Trinajstić information content (AvgIpc) is 2.29. The van der Waals surface area contributed by atoms with Crippen molar-refractivity contribution in [2.24, 2.45) is 5.73 Å². The zero-order chi connectivity index (χ0) is 11.5. The molecule has 2 heterocycles. The first kappa shape index (κ1) is 11.4. The molecule has 88 valence electrons. The standard InChI is InChI=1S/C13H21N3/c1-10(2)13-6-5-12(8-15-13)16-7-3-4-11(14)9-16/h5-6,8,10-11H,3-4,7,9,14H2,1-2H3. The number of hydrogen-bond donors (Lipinski definition) is 1. The molecule has 16 heavy (non-hydrogen) atoms. The Morgan fingerprint density at radius 1 is 1.44 bits per heavy atom. The fraction of sp³-hybridized carbons (Fsp3) is 0.615. The third-order valence-electron chi connectivity index (χ3n) is 3.19. The van der Waals surface area contributed by atoms with Crippen LogP contribution in [0.25, 0.3) is 0 Å². The third-order valence-corrected chi connectivity index (χ3v) is 3.19. The van der Waals surface area contributed by atoms with Crippen LogP contribution in [-0.4, -0.2) is 24.1 Å². The van der Waals surface area contributed by atoms with E-state index in [9.17, 15) is 0 Å². The summed E-state index contributed by atoms with van der Waals surface area (Å²) in [6, 6.07) is 4.61. The SMILES string of the molecule is CC(C)c1ccc(N2CCCC(N)C2)cn1. The van der Waals surface area contributed by atoms with Crippen molar-refractivity contribution in [3.05, 3.63) is 24.0 Å². The van der Waals surface area contributed by atoms with Crippen LogP contribution in [0.4, 0.5) is 5.69 Å². The Morgan fingerprint density at radius 2 is 2.25 bits per heavy atom. The lowest BCUT2D eigenvalue weighted by Gasteiger charge is -2.32. The highest BCUT2D eigenvalue weighted by Crippen LogP contribution is 2.20. The summed E-state index contributed by atoms with van der Waals surface area (Å²) in [6.07, 6.45) is 4.31. The molecule has 0 amide bonds. The van der Waals surface area contributed by atoms with E-state index >= 15 is 0 Å². The molecule has 2 rings (SSSR count). The summed E-state index contributed by atoms with van der Waals surface area (Å²) in [6.45, 7) is 6.40. The summed E-state index contributed by atoms with van der Waals surface area (Å²) < 4.78 is 0. The molecule has 1 aromatic rings. The molecule has 2 N–H and O–H groups in total. The van der Waals surface area contributed by atoms with Crippen molar-refractivity contribution in [1.82, 2.24) is 4.98 Å². The maximum atomic E-state index is 5.98. The van der Waals surface area contributed by atoms with E-state index in [1.165, 1.54) is 12.1 Å². The van der Waals surface area contributed by atoms with Crippen LogP contribution in [0.2, 0.25) is 0 Å². The second-order valence-electron chi connectivity index (χ2n) is 4.94. The van der Waals surface area contributed by atoms with Gasteiger partial charge >= 0.3 is 0 Å². The molecular formula is C13H21N3. The number of hydrogen-bond acceptors (Lipinski definition) is 3. The Kier molecular flexibility index (Phi) is 3.44. The molecule has 1 aliphatic heterocycles. The van der Waals surface area contributed by atoms with Crippen LogP contribution in [0.3, 0.4) is 0 Å². The Hall–Kier alpha value is -1.09. The molecule has 0 saturated carbocycles. The Labute approximate surface area is 97.7 Å². The highest BCUT2D eigenvalue weighted by molar-refractivity contribution is 5.45. The maximum Gasteiger partial charge on any atom is 0.0553 e. The largest absolute Gasteiger partial charge is 0.369 e. The van der Waals surface area contributed by atoms with Crippen LogP contribution in [0.1, 0.15) is 38.3 Å². The van der Waals surface area contributed by atoms with E-state index in [0.29, 0.717) is 12.0 Å². The summed E-state index contributed by atoms with van der Waals surface area (Å²) in [7, 11) is 0. The third kappa shape index (κ3) is 2.53. The zero-order valence-electron chi connectivity index (χ0n) is 10.2. The van der Waals surface area contributed by atoms with Gasteiger partial charge in [-0.05, 0) is 30.9 Å². The lowest BCUT2D eigenvalue weighted by Crippen LogP contribution is -2.42. The van der Waals surface area contributed by atoms with Crippen LogP contribution in [0.5, 0.6) is 0 Å². The Balaban J connectivity index is 2.09. The van der Waals surface area contributed by atoms with E-state index in [-0.39, 0.29) is 0 Å². The van der Waals surface area contributed by atoms with Gasteiger partial charge in [0.1, 0.15) is 0 Å². The minimum absolute atomic E-state index is 0.318. The molecular weight excluding hydrogens is 198 g/mol. The van der Waals surface area contributed by atoms with Crippen molar-refractivity contribution >= 4 is 5.69 Å². The molecule has 1 fully saturated rings. The van der Waals surface area contributed by atoms with Crippen molar-refractivity contribution in [2.75, 3.05) is 18.0 Å². The van der Waals surface area contributed by atoms with Gasteiger partial charge < -0.3 is 10.6 Å². The van der Waals surface area contributed by atoms with Gasteiger partial charge in [0.05, 0.1) is 11.9 Å². The predicted molar refractivity (Wildman–Crippen MR) is 67.7 cm³/mol. The van der Waals surface area contributed by atoms with Crippen molar-refractivity contribution in [3.63, 3.8) is 0 Å². The second kappa shape index (κ2) is 4.83. The highest BCUT2D eigenvalue weighted by atomic mass is 15.2. The number of pyridine rings is 1. The van der Waals surface area contributed by atoms with Crippen LogP contribution in [-0.2, 0) is 0 Å². The summed E-state index contributed by atoms with van der Waals surface area (Å²) in [5, 5.41) is 0. The van der Waals surface area contributed by atoms with Crippen molar-refractivity contribution in [3.8, 4) is 0 Å². The van der Waals surface area contributed by atoms with Gasteiger partial charge in [-0.3, -0.25) is 4.98 Å². The molecule has 0 bridgehead atoms. The molecule has 1 saturated heterocycles. The normalized spacial score (nSPS) is 21.5. The number of aromatic nitrogens is 1. The number of piperidine rings is 1. The van der Waals surface area contributed by atoms with Crippen molar-refractivity contribution < 1.29 is 0 Å². The van der Waals surface area contributed by atoms with Gasteiger partial charge in [0, 0.05) is 24.8 Å². The molecule has 1 aromatic heterocycles. The first-order valence-corrected chi connectivity index (χ1v) is 6.13. The van der Waals surface area contributed by atoms with Gasteiger partial charge in [0.15, 0.2) is 0 Å². The molecule has 3 nitrogen and oxygen atoms in total. The molecule has 0 radical (unpaired) electrons. The molecule has 0 spiro atoms. The topological polar surface area (TPSA) is 42.1 Å². The quantitative estimate of drug-likeness (QED) is 0.828. The van der Waals surface area contributed by atoms with Crippen LogP contribution in [0, 0.1) is 0 Å². The number of anilines is 1. The maximum absolute atomic E-state index is 5.98. The smallest absolute Gasteiger partial charge is 0.0553 e. The van der Waals surface area contributed by atoms with Crippen LogP contribution in [0.15, 0.2) is 18.3 Å².